The summed E-state index contributed by atoms with van der Waals surface area (Å²) in [6.07, 6.45) is -2.50. The Balaban J connectivity index is 2.11. The highest BCUT2D eigenvalue weighted by Crippen LogP contribution is 2.29. The third-order valence-electron chi connectivity index (χ3n) is 4.80. The molecule has 0 bridgehead atoms. The number of alkyl halides is 3. The molecule has 1 aliphatic heterocycles. The summed E-state index contributed by atoms with van der Waals surface area (Å²) in [7, 11) is 5.19. The van der Waals surface area contributed by atoms with Gasteiger partial charge in [0.1, 0.15) is 0 Å². The molecule has 0 aromatic heterocycles. The summed E-state index contributed by atoms with van der Waals surface area (Å²) in [5.74, 6) is 0.819. The Morgan fingerprint density at radius 3 is 2.55 bits per heavy atom. The van der Waals surface area contributed by atoms with E-state index in [1.54, 1.807) is 20.2 Å². The van der Waals surface area contributed by atoms with E-state index in [0.717, 1.165) is 44.7 Å². The maximum absolute atomic E-state index is 12.9. The standard InChI is InChI=1S/C20H29F3N4O2/c1-26(2)18(28)13-25-19(27(3)14-15-7-9-29-10-8-15)24-12-16-5-4-6-17(11-16)20(21,22)23/h4-6,11,15H,7-10,12-14H2,1-3H3,(H,24,25). The zero-order chi connectivity index (χ0) is 21.4. The van der Waals surface area contributed by atoms with Gasteiger partial charge in [0.25, 0.3) is 0 Å². The molecular formula is C20H29F3N4O2. The fourth-order valence-electron chi connectivity index (χ4n) is 3.04. The summed E-state index contributed by atoms with van der Waals surface area (Å²) in [6, 6.07) is 5.13. The van der Waals surface area contributed by atoms with Gasteiger partial charge in [0.15, 0.2) is 5.96 Å². The number of halogens is 3. The topological polar surface area (TPSA) is 57.2 Å². The Morgan fingerprint density at radius 2 is 1.93 bits per heavy atom. The molecule has 0 radical (unpaired) electrons. The molecule has 0 unspecified atom stereocenters. The second-order valence-corrected chi connectivity index (χ2v) is 7.42. The van der Waals surface area contributed by atoms with Gasteiger partial charge in [0.05, 0.1) is 18.7 Å². The van der Waals surface area contributed by atoms with Gasteiger partial charge in [-0.15, -0.1) is 0 Å². The van der Waals surface area contributed by atoms with Crippen molar-refractivity contribution in [2.24, 2.45) is 10.9 Å². The van der Waals surface area contributed by atoms with E-state index >= 15 is 0 Å². The van der Waals surface area contributed by atoms with Crippen molar-refractivity contribution in [1.82, 2.24) is 15.1 Å². The minimum absolute atomic E-state index is 0.0620. The summed E-state index contributed by atoms with van der Waals surface area (Å²) in [5, 5.41) is 3.04. The zero-order valence-corrected chi connectivity index (χ0v) is 17.1. The van der Waals surface area contributed by atoms with E-state index < -0.39 is 11.7 Å². The summed E-state index contributed by atoms with van der Waals surface area (Å²) in [6.45, 7) is 2.32. The van der Waals surface area contributed by atoms with E-state index in [4.69, 9.17) is 4.74 Å². The summed E-state index contributed by atoms with van der Waals surface area (Å²) >= 11 is 0. The smallest absolute Gasteiger partial charge is 0.381 e. The van der Waals surface area contributed by atoms with Crippen LogP contribution in [0.2, 0.25) is 0 Å². The first-order valence-electron chi connectivity index (χ1n) is 9.60. The van der Waals surface area contributed by atoms with Crippen molar-refractivity contribution in [2.75, 3.05) is 47.4 Å². The fourth-order valence-corrected chi connectivity index (χ4v) is 3.04. The lowest BCUT2D eigenvalue weighted by molar-refractivity contribution is -0.137. The van der Waals surface area contributed by atoms with Gasteiger partial charge in [-0.1, -0.05) is 12.1 Å². The lowest BCUT2D eigenvalue weighted by Gasteiger charge is -2.29. The predicted molar refractivity (Wildman–Crippen MR) is 105 cm³/mol. The number of benzene rings is 1. The van der Waals surface area contributed by atoms with Crippen LogP contribution >= 0.6 is 0 Å². The number of carbonyl (C=O) groups is 1. The molecule has 2 rings (SSSR count). The average Bonchev–Trinajstić information content (AvgIpc) is 2.68. The van der Waals surface area contributed by atoms with Gasteiger partial charge < -0.3 is 19.9 Å². The molecule has 9 heteroatoms. The molecule has 1 N–H and O–H groups in total. The van der Waals surface area contributed by atoms with E-state index in [1.807, 2.05) is 11.9 Å². The monoisotopic (exact) mass is 414 g/mol. The number of nitrogens with zero attached hydrogens (tertiary/aromatic N) is 3. The van der Waals surface area contributed by atoms with Crippen molar-refractivity contribution >= 4 is 11.9 Å². The molecule has 0 saturated carbocycles. The first kappa shape index (κ1) is 23.0. The number of amides is 1. The second-order valence-electron chi connectivity index (χ2n) is 7.42. The lowest BCUT2D eigenvalue weighted by atomic mass is 10.00. The van der Waals surface area contributed by atoms with Gasteiger partial charge in [-0.2, -0.15) is 13.2 Å². The molecule has 0 atom stereocenters. The van der Waals surface area contributed by atoms with Crippen molar-refractivity contribution in [3.8, 4) is 0 Å². The van der Waals surface area contributed by atoms with Gasteiger partial charge in [-0.25, -0.2) is 4.99 Å². The Bertz CT molecular complexity index is 701. The number of ether oxygens (including phenoxy) is 1. The highest BCUT2D eigenvalue weighted by atomic mass is 19.4. The van der Waals surface area contributed by atoms with Gasteiger partial charge >= 0.3 is 6.18 Å². The molecule has 6 nitrogen and oxygen atoms in total. The van der Waals surface area contributed by atoms with Crippen molar-refractivity contribution < 1.29 is 22.7 Å². The number of rotatable bonds is 6. The summed E-state index contributed by atoms with van der Waals surface area (Å²) < 4.78 is 44.2. The normalized spacial score (nSPS) is 15.9. The van der Waals surface area contributed by atoms with Crippen LogP contribution < -0.4 is 5.32 Å². The number of likely N-dealkylation sites (N-methyl/N-ethyl adjacent to an activating group) is 1. The Labute approximate surface area is 169 Å². The van der Waals surface area contributed by atoms with Crippen molar-refractivity contribution in [3.05, 3.63) is 35.4 Å². The van der Waals surface area contributed by atoms with E-state index in [-0.39, 0.29) is 19.0 Å². The van der Waals surface area contributed by atoms with Crippen LogP contribution in [0, 0.1) is 5.92 Å². The molecule has 0 spiro atoms. The fraction of sp³-hybridized carbons (Fsp3) is 0.600. The molecular weight excluding hydrogens is 385 g/mol. The molecule has 162 valence electrons. The van der Waals surface area contributed by atoms with E-state index in [0.29, 0.717) is 17.4 Å². The van der Waals surface area contributed by atoms with Crippen LogP contribution in [0.1, 0.15) is 24.0 Å². The van der Waals surface area contributed by atoms with Crippen LogP contribution in [0.3, 0.4) is 0 Å². The molecule has 1 amide bonds. The van der Waals surface area contributed by atoms with Gasteiger partial charge in [0, 0.05) is 40.9 Å². The lowest BCUT2D eigenvalue weighted by Crippen LogP contribution is -2.45. The van der Waals surface area contributed by atoms with E-state index in [9.17, 15) is 18.0 Å². The van der Waals surface area contributed by atoms with Crippen LogP contribution in [0.4, 0.5) is 13.2 Å². The van der Waals surface area contributed by atoms with Gasteiger partial charge in [-0.3, -0.25) is 4.79 Å². The first-order valence-corrected chi connectivity index (χ1v) is 9.60. The molecule has 1 aromatic rings. The molecule has 0 aliphatic carbocycles. The highest BCUT2D eigenvalue weighted by molar-refractivity contribution is 5.86. The van der Waals surface area contributed by atoms with Crippen LogP contribution in [0.15, 0.2) is 29.3 Å². The van der Waals surface area contributed by atoms with Crippen LogP contribution in [-0.2, 0) is 22.3 Å². The second kappa shape index (κ2) is 10.5. The number of hydrogen-bond donors (Lipinski definition) is 1. The minimum Gasteiger partial charge on any atom is -0.381 e. The zero-order valence-electron chi connectivity index (χ0n) is 17.1. The van der Waals surface area contributed by atoms with Gasteiger partial charge in [0.2, 0.25) is 5.91 Å². The molecule has 1 aliphatic rings. The Kier molecular flexibility index (Phi) is 8.31. The molecule has 1 saturated heterocycles. The largest absolute Gasteiger partial charge is 0.416 e. The first-order chi connectivity index (χ1) is 13.7. The average molecular weight is 414 g/mol. The van der Waals surface area contributed by atoms with Gasteiger partial charge in [-0.05, 0) is 36.5 Å². The summed E-state index contributed by atoms with van der Waals surface area (Å²) in [4.78, 5) is 19.8. The number of nitrogens with one attached hydrogen (secondary N) is 1. The third kappa shape index (κ3) is 7.56. The molecule has 29 heavy (non-hydrogen) atoms. The molecule has 1 fully saturated rings. The Morgan fingerprint density at radius 1 is 1.24 bits per heavy atom. The minimum atomic E-state index is -4.39. The van der Waals surface area contributed by atoms with Crippen molar-refractivity contribution in [2.45, 2.75) is 25.6 Å². The SMILES string of the molecule is CN(C)C(=O)CNC(=NCc1cccc(C(F)(F)F)c1)N(C)CC1CCOCC1. The molecule has 1 heterocycles. The van der Waals surface area contributed by atoms with Crippen LogP contribution in [0.25, 0.3) is 0 Å². The predicted octanol–water partition coefficient (Wildman–Crippen LogP) is 2.60. The van der Waals surface area contributed by atoms with Crippen LogP contribution in [-0.4, -0.2) is 69.1 Å². The molecule has 1 aromatic carbocycles. The third-order valence-corrected chi connectivity index (χ3v) is 4.80. The van der Waals surface area contributed by atoms with E-state index in [1.165, 1.54) is 11.0 Å². The van der Waals surface area contributed by atoms with Crippen molar-refractivity contribution in [1.29, 1.82) is 0 Å². The quantitative estimate of drug-likeness (QED) is 0.574. The highest BCUT2D eigenvalue weighted by Gasteiger charge is 2.30. The maximum atomic E-state index is 12.9. The Hall–Kier alpha value is -2.29. The number of carbonyl (C=O) groups excluding carboxylic acids is 1. The van der Waals surface area contributed by atoms with E-state index in [2.05, 4.69) is 10.3 Å². The summed E-state index contributed by atoms with van der Waals surface area (Å²) in [5.41, 5.74) is -0.240. The van der Waals surface area contributed by atoms with Crippen molar-refractivity contribution in [3.63, 3.8) is 0 Å². The van der Waals surface area contributed by atoms with Crippen LogP contribution in [0.5, 0.6) is 0 Å². The number of hydrogen-bond acceptors (Lipinski definition) is 3. The number of aliphatic imine (C=N–C) groups is 1. The maximum Gasteiger partial charge on any atom is 0.416 e. The number of guanidine groups is 1.